The Morgan fingerprint density at radius 3 is 2.27 bits per heavy atom. The summed E-state index contributed by atoms with van der Waals surface area (Å²) in [6.45, 7) is 7.60. The third kappa shape index (κ3) is 2.99. The summed E-state index contributed by atoms with van der Waals surface area (Å²) in [6, 6.07) is 7.60. The zero-order valence-corrected chi connectivity index (χ0v) is 14.3. The van der Waals surface area contributed by atoms with Crippen molar-refractivity contribution in [1.82, 2.24) is 5.32 Å². The normalized spacial score (nSPS) is 19.8. The van der Waals surface area contributed by atoms with Gasteiger partial charge in [-0.1, -0.05) is 24.6 Å². The van der Waals surface area contributed by atoms with E-state index in [-0.39, 0.29) is 11.9 Å². The number of allylic oxidation sites excluding steroid dienone is 3. The highest BCUT2D eigenvalue weighted by atomic mass is 32.2. The van der Waals surface area contributed by atoms with E-state index in [1.165, 1.54) is 7.11 Å². The van der Waals surface area contributed by atoms with Crippen molar-refractivity contribution in [1.29, 1.82) is 0 Å². The van der Waals surface area contributed by atoms with Gasteiger partial charge in [-0.25, -0.2) is 9.00 Å². The topological polar surface area (TPSA) is 55.4 Å². The van der Waals surface area contributed by atoms with Crippen LogP contribution in [0.4, 0.5) is 0 Å². The van der Waals surface area contributed by atoms with Crippen LogP contribution in [0.1, 0.15) is 26.3 Å². The Labute approximate surface area is 133 Å². The molecule has 1 aliphatic heterocycles. The zero-order chi connectivity index (χ0) is 16.4. The van der Waals surface area contributed by atoms with Crippen molar-refractivity contribution in [2.24, 2.45) is 5.92 Å². The molecule has 0 aliphatic carbocycles. The van der Waals surface area contributed by atoms with Gasteiger partial charge in [0.1, 0.15) is 0 Å². The molecule has 0 amide bonds. The molecule has 0 aromatic heterocycles. The molecule has 1 unspecified atom stereocenters. The molecule has 0 saturated carbocycles. The summed E-state index contributed by atoms with van der Waals surface area (Å²) >= 11 is 0. The van der Waals surface area contributed by atoms with E-state index in [1.54, 1.807) is 0 Å². The van der Waals surface area contributed by atoms with Crippen molar-refractivity contribution in [3.05, 3.63) is 51.7 Å². The summed E-state index contributed by atoms with van der Waals surface area (Å²) < 4.78 is 17.8. The van der Waals surface area contributed by atoms with Crippen LogP contribution in [0.25, 0.3) is 0 Å². The number of hydrogen-bond acceptors (Lipinski definition) is 4. The quantitative estimate of drug-likeness (QED) is 0.870. The number of carbonyl (C=O) groups is 1. The second-order valence-electron chi connectivity index (χ2n) is 5.45. The summed E-state index contributed by atoms with van der Waals surface area (Å²) in [5, 5.41) is 3.15. The lowest BCUT2D eigenvalue weighted by Crippen LogP contribution is -2.29. The minimum Gasteiger partial charge on any atom is -0.466 e. The van der Waals surface area contributed by atoms with E-state index in [2.05, 4.69) is 5.32 Å². The summed E-state index contributed by atoms with van der Waals surface area (Å²) in [5.74, 6) is -0.640. The largest absolute Gasteiger partial charge is 0.466 e. The molecular formula is C17H21NO3S. The molecule has 2 rings (SSSR count). The predicted molar refractivity (Wildman–Crippen MR) is 87.3 cm³/mol. The second-order valence-corrected chi connectivity index (χ2v) is 6.90. The number of ether oxygens (including phenoxy) is 1. The van der Waals surface area contributed by atoms with Gasteiger partial charge in [0.15, 0.2) is 0 Å². The van der Waals surface area contributed by atoms with Crippen molar-refractivity contribution >= 4 is 16.8 Å². The van der Waals surface area contributed by atoms with Crippen LogP contribution in [0.2, 0.25) is 0 Å². The maximum absolute atomic E-state index is 12.9. The van der Waals surface area contributed by atoms with E-state index < -0.39 is 10.8 Å². The maximum atomic E-state index is 12.9. The molecule has 22 heavy (non-hydrogen) atoms. The molecule has 1 aliphatic rings. The maximum Gasteiger partial charge on any atom is 0.336 e. The molecule has 2 atom stereocenters. The number of aryl methyl sites for hydroxylation is 1. The fraction of sp³-hybridized carbons (Fsp3) is 0.353. The summed E-state index contributed by atoms with van der Waals surface area (Å²) in [6.07, 6.45) is 0. The van der Waals surface area contributed by atoms with Gasteiger partial charge in [-0.3, -0.25) is 0 Å². The standard InChI is InChI=1S/C17H21NO3S/c1-10-6-8-14(9-7-10)22(20)16-11(2)15(17(19)21-5)12(3)18-13(16)4/h6-9,11,18H,1-5H3/t11-,22?/m0/s1. The molecule has 4 nitrogen and oxygen atoms in total. The van der Waals surface area contributed by atoms with E-state index in [9.17, 15) is 9.00 Å². The minimum atomic E-state index is -1.32. The fourth-order valence-electron chi connectivity index (χ4n) is 2.72. The molecule has 0 saturated heterocycles. The van der Waals surface area contributed by atoms with E-state index in [0.717, 1.165) is 26.8 Å². The average Bonchev–Trinajstić information content (AvgIpc) is 2.46. The SMILES string of the molecule is COC(=O)C1=C(C)NC(C)=C(S(=O)c2ccc(C)cc2)[C@H]1C. The lowest BCUT2D eigenvalue weighted by atomic mass is 9.95. The molecule has 5 heteroatoms. The van der Waals surface area contributed by atoms with Crippen molar-refractivity contribution in [2.45, 2.75) is 32.6 Å². The molecule has 1 aromatic rings. The monoisotopic (exact) mass is 319 g/mol. The third-order valence-corrected chi connectivity index (χ3v) is 5.57. The van der Waals surface area contributed by atoms with E-state index >= 15 is 0 Å². The van der Waals surface area contributed by atoms with Gasteiger partial charge in [0, 0.05) is 27.1 Å². The molecular weight excluding hydrogens is 298 g/mol. The predicted octanol–water partition coefficient (Wildman–Crippen LogP) is 3.02. The van der Waals surface area contributed by atoms with Crippen LogP contribution in [0.15, 0.2) is 51.0 Å². The molecule has 0 bridgehead atoms. The Hall–Kier alpha value is -1.88. The lowest BCUT2D eigenvalue weighted by molar-refractivity contribution is -0.136. The number of benzene rings is 1. The summed E-state index contributed by atoms with van der Waals surface area (Å²) in [4.78, 5) is 13.5. The highest BCUT2D eigenvalue weighted by molar-refractivity contribution is 7.89. The first-order chi connectivity index (χ1) is 10.4. The molecule has 0 fully saturated rings. The van der Waals surface area contributed by atoms with Crippen molar-refractivity contribution < 1.29 is 13.7 Å². The van der Waals surface area contributed by atoms with E-state index in [4.69, 9.17) is 4.74 Å². The summed E-state index contributed by atoms with van der Waals surface area (Å²) in [7, 11) is 0.0410. The van der Waals surface area contributed by atoms with Crippen LogP contribution in [0, 0.1) is 12.8 Å². The van der Waals surface area contributed by atoms with Crippen molar-refractivity contribution in [2.75, 3.05) is 7.11 Å². The molecule has 118 valence electrons. The van der Waals surface area contributed by atoms with Gasteiger partial charge in [-0.15, -0.1) is 0 Å². The molecule has 1 N–H and O–H groups in total. The molecule has 1 heterocycles. The number of carbonyl (C=O) groups excluding carboxylic acids is 1. The first-order valence-corrected chi connectivity index (χ1v) is 8.27. The Bertz CT molecular complexity index is 686. The van der Waals surface area contributed by atoms with Gasteiger partial charge in [-0.2, -0.15) is 0 Å². The highest BCUT2D eigenvalue weighted by Gasteiger charge is 2.32. The van der Waals surface area contributed by atoms with Crippen LogP contribution in [-0.4, -0.2) is 17.3 Å². The molecule has 0 spiro atoms. The highest BCUT2D eigenvalue weighted by Crippen LogP contribution is 2.34. The van der Waals surface area contributed by atoms with Gasteiger partial charge < -0.3 is 10.1 Å². The number of nitrogens with one attached hydrogen (secondary N) is 1. The van der Waals surface area contributed by atoms with Crippen molar-refractivity contribution in [3.8, 4) is 0 Å². The van der Waals surface area contributed by atoms with Crippen LogP contribution in [-0.2, 0) is 20.3 Å². The van der Waals surface area contributed by atoms with Crippen LogP contribution >= 0.6 is 0 Å². The average molecular weight is 319 g/mol. The van der Waals surface area contributed by atoms with Crippen LogP contribution in [0.3, 0.4) is 0 Å². The lowest BCUT2D eigenvalue weighted by Gasteiger charge is -2.28. The number of methoxy groups -OCH3 is 1. The molecule has 1 aromatic carbocycles. The van der Waals surface area contributed by atoms with Gasteiger partial charge in [0.05, 0.1) is 23.5 Å². The smallest absolute Gasteiger partial charge is 0.336 e. The van der Waals surface area contributed by atoms with Gasteiger partial charge in [0.25, 0.3) is 0 Å². The number of hydrogen-bond donors (Lipinski definition) is 1. The Kier molecular flexibility index (Phi) is 4.86. The second kappa shape index (κ2) is 6.48. The minimum absolute atomic E-state index is 0.254. The Morgan fingerprint density at radius 1 is 1.14 bits per heavy atom. The molecule has 0 radical (unpaired) electrons. The fourth-order valence-corrected chi connectivity index (χ4v) is 4.12. The zero-order valence-electron chi connectivity index (χ0n) is 13.5. The van der Waals surface area contributed by atoms with E-state index in [1.807, 2.05) is 52.0 Å². The van der Waals surface area contributed by atoms with E-state index in [0.29, 0.717) is 5.57 Å². The third-order valence-electron chi connectivity index (χ3n) is 3.82. The van der Waals surface area contributed by atoms with Gasteiger partial charge >= 0.3 is 5.97 Å². The number of dihydropyridines is 1. The van der Waals surface area contributed by atoms with Gasteiger partial charge in [-0.05, 0) is 32.9 Å². The van der Waals surface area contributed by atoms with Gasteiger partial charge in [0.2, 0.25) is 0 Å². The number of esters is 1. The Morgan fingerprint density at radius 2 is 1.73 bits per heavy atom. The first-order valence-electron chi connectivity index (χ1n) is 7.12. The summed E-state index contributed by atoms with van der Waals surface area (Å²) in [5.41, 5.74) is 3.23. The number of rotatable bonds is 3. The van der Waals surface area contributed by atoms with Crippen LogP contribution in [0.5, 0.6) is 0 Å². The van der Waals surface area contributed by atoms with Crippen LogP contribution < -0.4 is 5.32 Å². The van der Waals surface area contributed by atoms with Crippen molar-refractivity contribution in [3.63, 3.8) is 0 Å². The Balaban J connectivity index is 2.42. The first kappa shape index (κ1) is 16.5.